The van der Waals surface area contributed by atoms with Gasteiger partial charge in [-0.2, -0.15) is 0 Å². The van der Waals surface area contributed by atoms with Gasteiger partial charge in [0.2, 0.25) is 5.91 Å². The summed E-state index contributed by atoms with van der Waals surface area (Å²) in [5.74, 6) is 0.389. The number of methoxy groups -OCH3 is 1. The van der Waals surface area contributed by atoms with Crippen molar-refractivity contribution in [1.82, 2.24) is 0 Å². The molecule has 8 heteroatoms. The van der Waals surface area contributed by atoms with Gasteiger partial charge < -0.3 is 14.8 Å². The first-order valence-electron chi connectivity index (χ1n) is 9.44. The van der Waals surface area contributed by atoms with Gasteiger partial charge >= 0.3 is 0 Å². The number of anilines is 1. The molecule has 1 fully saturated rings. The molecule has 1 amide bonds. The summed E-state index contributed by atoms with van der Waals surface area (Å²) < 4.78 is 10.5. The van der Waals surface area contributed by atoms with Crippen LogP contribution in [-0.4, -0.2) is 31.2 Å². The summed E-state index contributed by atoms with van der Waals surface area (Å²) in [6, 6.07) is 11.4. The second-order valence-corrected chi connectivity index (χ2v) is 7.44. The van der Waals surface area contributed by atoms with Crippen LogP contribution in [0.3, 0.4) is 0 Å². The molecule has 3 rings (SSSR count). The van der Waals surface area contributed by atoms with Crippen LogP contribution in [-0.2, 0) is 14.9 Å². The zero-order valence-electron chi connectivity index (χ0n) is 16.2. The highest BCUT2D eigenvalue weighted by Gasteiger charge is 2.42. The normalized spacial score (nSPS) is 15.1. The van der Waals surface area contributed by atoms with Gasteiger partial charge in [0.05, 0.1) is 22.0 Å². The number of nitrogens with zero attached hydrogens (tertiary/aromatic N) is 1. The third kappa shape index (κ3) is 4.68. The minimum atomic E-state index is -0.699. The van der Waals surface area contributed by atoms with Crippen LogP contribution in [0.1, 0.15) is 31.2 Å². The van der Waals surface area contributed by atoms with Crippen molar-refractivity contribution in [2.24, 2.45) is 0 Å². The summed E-state index contributed by atoms with van der Waals surface area (Å²) in [4.78, 5) is 23.7. The number of nitro benzene ring substituents is 1. The molecule has 0 aromatic heterocycles. The highest BCUT2D eigenvalue weighted by molar-refractivity contribution is 6.32. The number of hydrogen-bond acceptors (Lipinski definition) is 5. The average molecular weight is 419 g/mol. The van der Waals surface area contributed by atoms with E-state index in [1.54, 1.807) is 37.4 Å². The predicted molar refractivity (Wildman–Crippen MR) is 111 cm³/mol. The van der Waals surface area contributed by atoms with E-state index in [9.17, 15) is 14.9 Å². The van der Waals surface area contributed by atoms with Crippen LogP contribution < -0.4 is 10.1 Å². The number of amides is 1. The van der Waals surface area contributed by atoms with Crippen molar-refractivity contribution >= 4 is 28.9 Å². The predicted octanol–water partition coefficient (Wildman–Crippen LogP) is 4.72. The molecular formula is C21H23ClN2O5. The number of carbonyl (C=O) groups excluding carboxylic acids is 1. The van der Waals surface area contributed by atoms with Crippen molar-refractivity contribution in [2.45, 2.75) is 31.1 Å². The maximum Gasteiger partial charge on any atom is 0.269 e. The molecule has 1 saturated carbocycles. The Hall–Kier alpha value is -2.64. The van der Waals surface area contributed by atoms with E-state index in [-0.39, 0.29) is 11.6 Å². The molecule has 1 N–H and O–H groups in total. The molecule has 2 aromatic rings. The molecule has 7 nitrogen and oxygen atoms in total. The Morgan fingerprint density at radius 2 is 1.86 bits per heavy atom. The van der Waals surface area contributed by atoms with Crippen molar-refractivity contribution in [2.75, 3.05) is 25.6 Å². The van der Waals surface area contributed by atoms with E-state index in [0.29, 0.717) is 42.5 Å². The molecular weight excluding hydrogens is 396 g/mol. The first-order chi connectivity index (χ1) is 14.0. The van der Waals surface area contributed by atoms with Crippen LogP contribution in [0.15, 0.2) is 42.5 Å². The number of carbonyl (C=O) groups is 1. The monoisotopic (exact) mass is 418 g/mol. The molecule has 0 radical (unpaired) electrons. The standard InChI is InChI=1S/C21H23ClN2O5/c1-28-12-13-29-19-9-6-16(14-18(19)22)23-20(25)21(10-2-3-11-21)15-4-7-17(8-5-15)24(26)27/h4-9,14H,2-3,10-13H2,1H3,(H,23,25). The number of halogens is 1. The lowest BCUT2D eigenvalue weighted by Gasteiger charge is -2.28. The number of benzene rings is 2. The van der Waals surface area contributed by atoms with Gasteiger partial charge in [-0.25, -0.2) is 0 Å². The third-order valence-electron chi connectivity index (χ3n) is 5.26. The molecule has 29 heavy (non-hydrogen) atoms. The Labute approximate surface area is 174 Å². The van der Waals surface area contributed by atoms with Crippen LogP contribution >= 0.6 is 11.6 Å². The number of nitrogens with one attached hydrogen (secondary N) is 1. The second kappa shape index (κ2) is 9.24. The van der Waals surface area contributed by atoms with Crippen molar-refractivity contribution in [3.05, 3.63) is 63.2 Å². The highest BCUT2D eigenvalue weighted by Crippen LogP contribution is 2.42. The Balaban J connectivity index is 1.78. The van der Waals surface area contributed by atoms with E-state index in [4.69, 9.17) is 21.1 Å². The summed E-state index contributed by atoms with van der Waals surface area (Å²) in [6.45, 7) is 0.831. The van der Waals surface area contributed by atoms with Crippen LogP contribution in [0.5, 0.6) is 5.75 Å². The largest absolute Gasteiger partial charge is 0.490 e. The van der Waals surface area contributed by atoms with Gasteiger partial charge in [-0.1, -0.05) is 36.6 Å². The highest BCUT2D eigenvalue weighted by atomic mass is 35.5. The Kier molecular flexibility index (Phi) is 6.71. The molecule has 0 saturated heterocycles. The Morgan fingerprint density at radius 1 is 1.17 bits per heavy atom. The Morgan fingerprint density at radius 3 is 2.45 bits per heavy atom. The van der Waals surface area contributed by atoms with Gasteiger partial charge in [-0.15, -0.1) is 0 Å². The van der Waals surface area contributed by atoms with Gasteiger partial charge in [-0.05, 0) is 36.6 Å². The number of hydrogen-bond donors (Lipinski definition) is 1. The fourth-order valence-electron chi connectivity index (χ4n) is 3.71. The lowest BCUT2D eigenvalue weighted by molar-refractivity contribution is -0.384. The SMILES string of the molecule is COCCOc1ccc(NC(=O)C2(c3ccc([N+](=O)[O-])cc3)CCCC2)cc1Cl. The molecule has 0 heterocycles. The minimum absolute atomic E-state index is 0.0122. The smallest absolute Gasteiger partial charge is 0.269 e. The van der Waals surface area contributed by atoms with Crippen LogP contribution in [0.2, 0.25) is 5.02 Å². The zero-order valence-corrected chi connectivity index (χ0v) is 16.9. The Bertz CT molecular complexity index is 879. The van der Waals surface area contributed by atoms with E-state index >= 15 is 0 Å². The van der Waals surface area contributed by atoms with E-state index in [1.165, 1.54) is 12.1 Å². The van der Waals surface area contributed by atoms with E-state index in [2.05, 4.69) is 5.32 Å². The van der Waals surface area contributed by atoms with E-state index < -0.39 is 10.3 Å². The first kappa shape index (κ1) is 21.1. The molecule has 1 aliphatic carbocycles. The van der Waals surface area contributed by atoms with Crippen LogP contribution in [0.25, 0.3) is 0 Å². The number of ether oxygens (including phenoxy) is 2. The van der Waals surface area contributed by atoms with Crippen molar-refractivity contribution in [1.29, 1.82) is 0 Å². The van der Waals surface area contributed by atoms with Gasteiger partial charge in [0.15, 0.2) is 0 Å². The lowest BCUT2D eigenvalue weighted by atomic mass is 9.78. The molecule has 2 aromatic carbocycles. The second-order valence-electron chi connectivity index (χ2n) is 7.03. The van der Waals surface area contributed by atoms with Crippen molar-refractivity contribution in [3.63, 3.8) is 0 Å². The molecule has 0 unspecified atom stereocenters. The summed E-state index contributed by atoms with van der Waals surface area (Å²) in [7, 11) is 1.59. The molecule has 1 aliphatic rings. The minimum Gasteiger partial charge on any atom is -0.490 e. The van der Waals surface area contributed by atoms with Gasteiger partial charge in [-0.3, -0.25) is 14.9 Å². The van der Waals surface area contributed by atoms with E-state index in [1.807, 2.05) is 0 Å². The molecule has 154 valence electrons. The first-order valence-corrected chi connectivity index (χ1v) is 9.82. The van der Waals surface area contributed by atoms with Crippen LogP contribution in [0.4, 0.5) is 11.4 Å². The summed E-state index contributed by atoms with van der Waals surface area (Å²) in [6.07, 6.45) is 3.25. The van der Waals surface area contributed by atoms with Crippen molar-refractivity contribution < 1.29 is 19.2 Å². The maximum absolute atomic E-state index is 13.2. The maximum atomic E-state index is 13.2. The third-order valence-corrected chi connectivity index (χ3v) is 5.55. The number of nitro groups is 1. The average Bonchev–Trinajstić information content (AvgIpc) is 3.21. The molecule has 0 bridgehead atoms. The van der Waals surface area contributed by atoms with Crippen LogP contribution in [0, 0.1) is 10.1 Å². The van der Waals surface area contributed by atoms with Gasteiger partial charge in [0, 0.05) is 24.9 Å². The fraction of sp³-hybridized carbons (Fsp3) is 0.381. The quantitative estimate of drug-likeness (QED) is 0.380. The van der Waals surface area contributed by atoms with Crippen molar-refractivity contribution in [3.8, 4) is 5.75 Å². The van der Waals surface area contributed by atoms with Gasteiger partial charge in [0.1, 0.15) is 12.4 Å². The van der Waals surface area contributed by atoms with E-state index in [0.717, 1.165) is 18.4 Å². The summed E-state index contributed by atoms with van der Waals surface area (Å²) >= 11 is 6.27. The molecule has 0 atom stereocenters. The van der Waals surface area contributed by atoms with Gasteiger partial charge in [0.25, 0.3) is 5.69 Å². The molecule has 0 aliphatic heterocycles. The number of non-ortho nitro benzene ring substituents is 1. The fourth-order valence-corrected chi connectivity index (χ4v) is 3.94. The summed E-state index contributed by atoms with van der Waals surface area (Å²) in [5, 5.41) is 14.3. The number of rotatable bonds is 8. The summed E-state index contributed by atoms with van der Waals surface area (Å²) in [5.41, 5.74) is 0.684. The zero-order chi connectivity index (χ0) is 20.9. The lowest BCUT2D eigenvalue weighted by Crippen LogP contribution is -2.38. The molecule has 0 spiro atoms. The topological polar surface area (TPSA) is 90.7 Å².